The molecule has 19 heavy (non-hydrogen) atoms. The van der Waals surface area contributed by atoms with Crippen LogP contribution in [0, 0.1) is 11.7 Å². The van der Waals surface area contributed by atoms with Crippen LogP contribution in [0.1, 0.15) is 13.8 Å². The molecule has 0 atom stereocenters. The number of halogens is 3. The molecule has 6 heteroatoms. The number of anilines is 1. The van der Waals surface area contributed by atoms with Crippen molar-refractivity contribution in [1.29, 1.82) is 0 Å². The monoisotopic (exact) mass is 301 g/mol. The predicted molar refractivity (Wildman–Crippen MR) is 77.3 cm³/mol. The summed E-state index contributed by atoms with van der Waals surface area (Å²) in [5, 5.41) is 10.5. The number of nitrogens with one attached hydrogen (secondary N) is 2. The van der Waals surface area contributed by atoms with Gasteiger partial charge in [-0.1, -0.05) is 37.0 Å². The second-order valence-corrected chi connectivity index (χ2v) is 5.50. The quantitative estimate of drug-likeness (QED) is 0.811. The molecule has 0 radical (unpaired) electrons. The van der Waals surface area contributed by atoms with Crippen LogP contribution >= 0.6 is 23.2 Å². The first kappa shape index (κ1) is 14.2. The number of hydrogen-bond donors (Lipinski definition) is 2. The van der Waals surface area contributed by atoms with Crippen molar-refractivity contribution in [1.82, 2.24) is 10.2 Å². The van der Waals surface area contributed by atoms with Gasteiger partial charge in [-0.2, -0.15) is 5.10 Å². The maximum Gasteiger partial charge on any atom is 0.148 e. The maximum absolute atomic E-state index is 13.5. The number of aromatic amines is 1. The predicted octanol–water partition coefficient (Wildman–Crippen LogP) is 4.59. The first-order valence-electron chi connectivity index (χ1n) is 5.91. The summed E-state index contributed by atoms with van der Waals surface area (Å²) < 4.78 is 13.5. The summed E-state index contributed by atoms with van der Waals surface area (Å²) in [4.78, 5) is 0. The van der Waals surface area contributed by atoms with Crippen molar-refractivity contribution in [2.45, 2.75) is 13.8 Å². The van der Waals surface area contributed by atoms with Crippen LogP contribution in [0.15, 0.2) is 18.2 Å². The van der Waals surface area contributed by atoms with Gasteiger partial charge in [0.1, 0.15) is 11.6 Å². The lowest BCUT2D eigenvalue weighted by molar-refractivity contribution is 0.628. The summed E-state index contributed by atoms with van der Waals surface area (Å²) >= 11 is 11.7. The van der Waals surface area contributed by atoms with Crippen molar-refractivity contribution in [2.75, 3.05) is 11.9 Å². The van der Waals surface area contributed by atoms with Crippen LogP contribution in [0.5, 0.6) is 0 Å². The van der Waals surface area contributed by atoms with E-state index in [1.54, 1.807) is 6.07 Å². The Hall–Kier alpha value is -1.26. The van der Waals surface area contributed by atoms with Gasteiger partial charge in [-0.25, -0.2) is 4.39 Å². The number of hydrogen-bond acceptors (Lipinski definition) is 2. The van der Waals surface area contributed by atoms with Gasteiger partial charge in [-0.3, -0.25) is 5.10 Å². The van der Waals surface area contributed by atoms with Gasteiger partial charge in [0.15, 0.2) is 0 Å². The van der Waals surface area contributed by atoms with E-state index in [1.807, 2.05) is 0 Å². The van der Waals surface area contributed by atoms with Crippen LogP contribution in [-0.2, 0) is 0 Å². The maximum atomic E-state index is 13.5. The average Bonchev–Trinajstić information content (AvgIpc) is 2.80. The minimum atomic E-state index is -0.507. The Bertz CT molecular complexity index is 581. The van der Waals surface area contributed by atoms with E-state index in [1.165, 1.54) is 12.1 Å². The zero-order valence-electron chi connectivity index (χ0n) is 10.6. The standard InChI is InChI=1S/C13H14Cl2FN3/c1-7(2)6-17-13-5-12(18-19-13)8-3-11(16)10(15)4-9(8)14/h3-5,7H,6H2,1-2H3,(H2,17,18,19). The zero-order valence-corrected chi connectivity index (χ0v) is 12.1. The molecule has 0 saturated heterocycles. The Labute approximate surface area is 121 Å². The Morgan fingerprint density at radius 2 is 2.00 bits per heavy atom. The summed E-state index contributed by atoms with van der Waals surface area (Å²) in [6.45, 7) is 5.02. The molecule has 0 aliphatic carbocycles. The molecule has 2 N–H and O–H groups in total. The highest BCUT2D eigenvalue weighted by Crippen LogP contribution is 2.32. The van der Waals surface area contributed by atoms with E-state index in [2.05, 4.69) is 29.4 Å². The smallest absolute Gasteiger partial charge is 0.148 e. The molecule has 0 unspecified atom stereocenters. The third kappa shape index (κ3) is 3.39. The van der Waals surface area contributed by atoms with Gasteiger partial charge in [-0.05, 0) is 18.1 Å². The fourth-order valence-corrected chi connectivity index (χ4v) is 2.07. The molecule has 0 amide bonds. The highest BCUT2D eigenvalue weighted by Gasteiger charge is 2.11. The lowest BCUT2D eigenvalue weighted by atomic mass is 10.1. The molecule has 2 rings (SSSR count). The van der Waals surface area contributed by atoms with E-state index >= 15 is 0 Å². The summed E-state index contributed by atoms with van der Waals surface area (Å²) in [5.41, 5.74) is 1.18. The van der Waals surface area contributed by atoms with Gasteiger partial charge in [-0.15, -0.1) is 0 Å². The van der Waals surface area contributed by atoms with Crippen LogP contribution in [0.4, 0.5) is 10.2 Å². The zero-order chi connectivity index (χ0) is 14.0. The minimum Gasteiger partial charge on any atom is -0.368 e. The first-order chi connectivity index (χ1) is 8.97. The number of nitrogens with zero attached hydrogens (tertiary/aromatic N) is 1. The molecular formula is C13H14Cl2FN3. The molecule has 0 bridgehead atoms. The molecule has 0 spiro atoms. The van der Waals surface area contributed by atoms with Crippen molar-refractivity contribution < 1.29 is 4.39 Å². The van der Waals surface area contributed by atoms with Crippen LogP contribution in [0.2, 0.25) is 10.0 Å². The first-order valence-corrected chi connectivity index (χ1v) is 6.67. The Kier molecular flexibility index (Phi) is 4.32. The fourth-order valence-electron chi connectivity index (χ4n) is 1.59. The van der Waals surface area contributed by atoms with Crippen LogP contribution < -0.4 is 5.32 Å². The highest BCUT2D eigenvalue weighted by atomic mass is 35.5. The largest absolute Gasteiger partial charge is 0.368 e. The van der Waals surface area contributed by atoms with Gasteiger partial charge in [0.2, 0.25) is 0 Å². The van der Waals surface area contributed by atoms with E-state index in [-0.39, 0.29) is 5.02 Å². The van der Waals surface area contributed by atoms with Crippen molar-refractivity contribution in [3.63, 3.8) is 0 Å². The molecule has 0 saturated carbocycles. The molecule has 2 aromatic rings. The van der Waals surface area contributed by atoms with E-state index in [9.17, 15) is 4.39 Å². The third-order valence-electron chi connectivity index (χ3n) is 2.57. The SMILES string of the molecule is CC(C)CNc1cc(-c2cc(F)c(Cl)cc2Cl)[nH]n1. The lowest BCUT2D eigenvalue weighted by Gasteiger charge is -2.04. The lowest BCUT2D eigenvalue weighted by Crippen LogP contribution is -2.07. The van der Waals surface area contributed by atoms with Crippen molar-refractivity contribution >= 4 is 29.0 Å². The second-order valence-electron chi connectivity index (χ2n) is 4.69. The van der Waals surface area contributed by atoms with Crippen LogP contribution in [-0.4, -0.2) is 16.7 Å². The topological polar surface area (TPSA) is 40.7 Å². The highest BCUT2D eigenvalue weighted by molar-refractivity contribution is 6.36. The third-order valence-corrected chi connectivity index (χ3v) is 3.17. The second kappa shape index (κ2) is 5.80. The van der Waals surface area contributed by atoms with E-state index in [0.717, 1.165) is 6.54 Å². The number of H-pyrrole nitrogens is 1. The van der Waals surface area contributed by atoms with Crippen molar-refractivity contribution in [3.05, 3.63) is 34.1 Å². The van der Waals surface area contributed by atoms with E-state index < -0.39 is 5.82 Å². The van der Waals surface area contributed by atoms with Crippen molar-refractivity contribution in [3.8, 4) is 11.3 Å². The summed E-state index contributed by atoms with van der Waals surface area (Å²) in [7, 11) is 0. The average molecular weight is 302 g/mol. The molecule has 0 aliphatic rings. The minimum absolute atomic E-state index is 0.00595. The summed E-state index contributed by atoms with van der Waals surface area (Å²) in [6, 6.07) is 4.47. The molecule has 102 valence electrons. The van der Waals surface area contributed by atoms with E-state index in [0.29, 0.717) is 28.0 Å². The molecule has 1 aromatic heterocycles. The summed E-state index contributed by atoms with van der Waals surface area (Å²) in [6.07, 6.45) is 0. The number of aromatic nitrogens is 2. The van der Waals surface area contributed by atoms with Gasteiger partial charge in [0.25, 0.3) is 0 Å². The summed E-state index contributed by atoms with van der Waals surface area (Å²) in [5.74, 6) is 0.708. The molecule has 1 aromatic carbocycles. The van der Waals surface area contributed by atoms with Gasteiger partial charge in [0.05, 0.1) is 15.7 Å². The number of benzene rings is 1. The molecular weight excluding hydrogens is 288 g/mol. The van der Waals surface area contributed by atoms with Gasteiger partial charge < -0.3 is 5.32 Å². The Morgan fingerprint density at radius 1 is 1.26 bits per heavy atom. The number of rotatable bonds is 4. The molecule has 0 fully saturated rings. The Morgan fingerprint density at radius 3 is 2.68 bits per heavy atom. The molecule has 1 heterocycles. The molecule has 3 nitrogen and oxygen atoms in total. The normalized spacial score (nSPS) is 11.1. The fraction of sp³-hybridized carbons (Fsp3) is 0.308. The van der Waals surface area contributed by atoms with Crippen LogP contribution in [0.25, 0.3) is 11.3 Å². The van der Waals surface area contributed by atoms with Gasteiger partial charge >= 0.3 is 0 Å². The van der Waals surface area contributed by atoms with E-state index in [4.69, 9.17) is 23.2 Å². The van der Waals surface area contributed by atoms with Gasteiger partial charge in [0, 0.05) is 18.2 Å². The molecule has 0 aliphatic heterocycles. The van der Waals surface area contributed by atoms with Crippen LogP contribution in [0.3, 0.4) is 0 Å². The van der Waals surface area contributed by atoms with Crippen molar-refractivity contribution in [2.24, 2.45) is 5.92 Å². The Balaban J connectivity index is 2.25.